The van der Waals surface area contributed by atoms with Gasteiger partial charge in [-0.05, 0) is 0 Å². The Bertz CT molecular complexity index is 255. The van der Waals surface area contributed by atoms with Gasteiger partial charge in [-0.25, -0.2) is 0 Å². The molecule has 0 amide bonds. The van der Waals surface area contributed by atoms with Crippen LogP contribution in [-0.2, 0) is 14.6 Å². The first-order valence-corrected chi connectivity index (χ1v) is 20.9. The van der Waals surface area contributed by atoms with Crippen LogP contribution in [0.25, 0.3) is 0 Å². The summed E-state index contributed by atoms with van der Waals surface area (Å²) in [5.74, 6) is -0.921. The Balaban J connectivity index is 5.42. The van der Waals surface area contributed by atoms with E-state index >= 15 is 0 Å². The van der Waals surface area contributed by atoms with Crippen molar-refractivity contribution in [3.63, 3.8) is 0 Å². The van der Waals surface area contributed by atoms with Crippen molar-refractivity contribution in [2.24, 2.45) is 0 Å². The molecule has 0 N–H and O–H groups in total. The molecular formula is C8H19Cl2SiZr. The summed E-state index contributed by atoms with van der Waals surface area (Å²) >= 11 is -3.35. The van der Waals surface area contributed by atoms with Gasteiger partial charge >= 0.3 is 84.7 Å². The quantitative estimate of drug-likeness (QED) is 0.701. The van der Waals surface area contributed by atoms with Crippen LogP contribution in [0.4, 0.5) is 0 Å². The number of hydrogen-bond donors (Lipinski definition) is 0. The van der Waals surface area contributed by atoms with Crippen molar-refractivity contribution in [2.75, 3.05) is 0 Å². The predicted molar refractivity (Wildman–Crippen MR) is 63.3 cm³/mol. The molecule has 0 aliphatic carbocycles. The van der Waals surface area contributed by atoms with E-state index in [-0.39, 0.29) is 0 Å². The van der Waals surface area contributed by atoms with Gasteiger partial charge in [0.25, 0.3) is 0 Å². The first-order chi connectivity index (χ1) is 5.35. The molecule has 0 heterocycles. The van der Waals surface area contributed by atoms with E-state index in [0.717, 1.165) is 12.8 Å². The van der Waals surface area contributed by atoms with Gasteiger partial charge in [0.15, 0.2) is 0 Å². The van der Waals surface area contributed by atoms with Crippen molar-refractivity contribution in [3.05, 3.63) is 0 Å². The van der Waals surface area contributed by atoms with E-state index in [1.807, 2.05) is 0 Å². The topological polar surface area (TPSA) is 0 Å². The normalized spacial score (nSPS) is 13.3. The van der Waals surface area contributed by atoms with Gasteiger partial charge in [-0.15, -0.1) is 0 Å². The summed E-state index contributed by atoms with van der Waals surface area (Å²) < 4.78 is 4.48. The zero-order chi connectivity index (χ0) is 9.85. The SMILES string of the molecule is CC[CH]=[Zr]([Cl])([Cl])(=[CH]CC)[SiH](C)C. The third kappa shape index (κ3) is 3.29. The van der Waals surface area contributed by atoms with Gasteiger partial charge in [-0.2, -0.15) is 0 Å². The van der Waals surface area contributed by atoms with E-state index in [2.05, 4.69) is 34.4 Å². The van der Waals surface area contributed by atoms with Crippen LogP contribution in [0.1, 0.15) is 26.7 Å². The van der Waals surface area contributed by atoms with E-state index in [4.69, 9.17) is 17.0 Å². The van der Waals surface area contributed by atoms with Crippen LogP contribution in [-0.4, -0.2) is 13.3 Å². The van der Waals surface area contributed by atoms with Crippen LogP contribution in [0, 0.1) is 0 Å². The van der Waals surface area contributed by atoms with Crippen LogP contribution in [0.2, 0.25) is 13.1 Å². The minimum absolute atomic E-state index is 0.921. The van der Waals surface area contributed by atoms with Gasteiger partial charge < -0.3 is 0 Å². The minimum atomic E-state index is -3.35. The molecule has 0 saturated heterocycles. The molecule has 0 aliphatic rings. The van der Waals surface area contributed by atoms with Crippen molar-refractivity contribution in [3.8, 4) is 0 Å². The van der Waals surface area contributed by atoms with Crippen LogP contribution in [0.5, 0.6) is 0 Å². The zero-order valence-corrected chi connectivity index (χ0v) is 13.5. The fraction of sp³-hybridized carbons (Fsp3) is 0.750. The molecule has 0 rings (SSSR count). The standard InChI is InChI=1S/2C3H6.C2H7Si.2ClH.Zr/c3*1-3-2;;;/h2*1H,3H2,2H3;3H,1-2H3;2*1H;/q;;;;;+2/p-2. The first-order valence-electron chi connectivity index (χ1n) is 4.63. The van der Waals surface area contributed by atoms with Crippen molar-refractivity contribution < 1.29 is 14.6 Å². The van der Waals surface area contributed by atoms with Gasteiger partial charge in [0.05, 0.1) is 0 Å². The van der Waals surface area contributed by atoms with E-state index in [1.54, 1.807) is 0 Å². The second kappa shape index (κ2) is 4.77. The average Bonchev–Trinajstić information content (AvgIpc) is 1.87. The molecule has 0 nitrogen and oxygen atoms in total. The summed E-state index contributed by atoms with van der Waals surface area (Å²) in [6.45, 7) is 8.78. The first kappa shape index (κ1) is 13.4. The molecule has 12 heavy (non-hydrogen) atoms. The molecule has 0 aromatic rings. The van der Waals surface area contributed by atoms with E-state index < -0.39 is 20.5 Å². The molecule has 0 radical (unpaired) electrons. The van der Waals surface area contributed by atoms with Crippen molar-refractivity contribution in [1.82, 2.24) is 0 Å². The summed E-state index contributed by atoms with van der Waals surface area (Å²) in [5.41, 5.74) is 0. The van der Waals surface area contributed by atoms with Crippen molar-refractivity contribution >= 4 is 30.4 Å². The maximum absolute atomic E-state index is 6.66. The maximum atomic E-state index is 6.66. The van der Waals surface area contributed by atoms with Crippen LogP contribution < -0.4 is 0 Å². The third-order valence-corrected chi connectivity index (χ3v) is 48.5. The van der Waals surface area contributed by atoms with Crippen molar-refractivity contribution in [2.45, 2.75) is 39.8 Å². The Morgan fingerprint density at radius 2 is 1.42 bits per heavy atom. The zero-order valence-electron chi connectivity index (χ0n) is 8.40. The summed E-state index contributed by atoms with van der Waals surface area (Å²) in [5, 5.41) is 0. The Kier molecular flexibility index (Phi) is 5.34. The number of rotatable bonds is 3. The summed E-state index contributed by atoms with van der Waals surface area (Å²) in [6.07, 6.45) is 2.03. The van der Waals surface area contributed by atoms with Gasteiger partial charge in [-0.3, -0.25) is 0 Å². The average molecular weight is 305 g/mol. The molecule has 0 aromatic heterocycles. The fourth-order valence-corrected chi connectivity index (χ4v) is 19.9. The number of hydrogen-bond acceptors (Lipinski definition) is 0. The fourth-order valence-electron chi connectivity index (χ4n) is 1.33. The summed E-state index contributed by atoms with van der Waals surface area (Å²) in [6, 6.07) is 0. The monoisotopic (exact) mass is 303 g/mol. The molecule has 4 heteroatoms. The van der Waals surface area contributed by atoms with Gasteiger partial charge in [0.2, 0.25) is 0 Å². The molecule has 0 bridgehead atoms. The van der Waals surface area contributed by atoms with Gasteiger partial charge in [0.1, 0.15) is 0 Å². The second-order valence-electron chi connectivity index (χ2n) is 3.61. The molecule has 0 fully saturated rings. The molecular weight excluding hydrogens is 286 g/mol. The Morgan fingerprint density at radius 1 is 1.08 bits per heavy atom. The molecule has 0 atom stereocenters. The molecule has 0 unspecified atom stereocenters. The molecule has 0 saturated carbocycles. The Morgan fingerprint density at radius 3 is 1.58 bits per heavy atom. The molecule has 0 spiro atoms. The van der Waals surface area contributed by atoms with E-state index in [9.17, 15) is 0 Å². The third-order valence-electron chi connectivity index (χ3n) is 2.29. The Labute approximate surface area is 84.0 Å². The number of halogens is 2. The molecule has 0 aromatic carbocycles. The second-order valence-corrected chi connectivity index (χ2v) is 45.3. The molecule has 73 valence electrons. The van der Waals surface area contributed by atoms with Crippen LogP contribution in [0.3, 0.4) is 0 Å². The van der Waals surface area contributed by atoms with E-state index in [0.29, 0.717) is 0 Å². The van der Waals surface area contributed by atoms with Crippen LogP contribution in [0.15, 0.2) is 0 Å². The van der Waals surface area contributed by atoms with E-state index in [1.165, 1.54) is 0 Å². The summed E-state index contributed by atoms with van der Waals surface area (Å²) in [4.78, 5) is 0. The van der Waals surface area contributed by atoms with Crippen molar-refractivity contribution in [1.29, 1.82) is 0 Å². The van der Waals surface area contributed by atoms with Crippen LogP contribution >= 0.6 is 17.0 Å². The van der Waals surface area contributed by atoms with Gasteiger partial charge in [0, 0.05) is 0 Å². The summed E-state index contributed by atoms with van der Waals surface area (Å²) in [7, 11) is 13.3. The molecule has 0 aliphatic heterocycles. The predicted octanol–water partition coefficient (Wildman–Crippen LogP) is 3.39. The van der Waals surface area contributed by atoms with Gasteiger partial charge in [-0.1, -0.05) is 0 Å². The Hall–Kier alpha value is 1.42.